The fraction of sp³-hybridized carbons (Fsp3) is 1.00. The monoisotopic (exact) mass is 196 g/mol. The summed E-state index contributed by atoms with van der Waals surface area (Å²) >= 11 is 0. The molecule has 0 radical (unpaired) electrons. The molecule has 2 aliphatic rings. The van der Waals surface area contributed by atoms with Crippen LogP contribution in [0.5, 0.6) is 0 Å². The Bertz CT molecular complexity index is 166. The largest absolute Gasteiger partial charge is 0.316 e. The normalized spacial score (nSPS) is 30.2. The second-order valence-electron chi connectivity index (χ2n) is 5.03. The van der Waals surface area contributed by atoms with Gasteiger partial charge in [0.25, 0.3) is 0 Å². The van der Waals surface area contributed by atoms with Crippen LogP contribution in [0.1, 0.15) is 32.6 Å². The van der Waals surface area contributed by atoms with Gasteiger partial charge in [-0.15, -0.1) is 0 Å². The smallest absolute Gasteiger partial charge is 0.000956 e. The lowest BCUT2D eigenvalue weighted by atomic mass is 9.94. The third-order valence-corrected chi connectivity index (χ3v) is 3.90. The number of rotatable bonds is 4. The van der Waals surface area contributed by atoms with Crippen molar-refractivity contribution in [2.24, 2.45) is 11.8 Å². The van der Waals surface area contributed by atoms with Gasteiger partial charge in [-0.2, -0.15) is 0 Å². The Balaban J connectivity index is 1.63. The Kier molecular flexibility index (Phi) is 3.82. The van der Waals surface area contributed by atoms with Crippen LogP contribution in [0.3, 0.4) is 0 Å². The molecule has 0 saturated carbocycles. The summed E-state index contributed by atoms with van der Waals surface area (Å²) in [6.07, 6.45) is 5.70. The molecule has 82 valence electrons. The van der Waals surface area contributed by atoms with Crippen molar-refractivity contribution in [2.45, 2.75) is 32.6 Å². The number of nitrogens with one attached hydrogen (secondary N) is 1. The van der Waals surface area contributed by atoms with Crippen LogP contribution < -0.4 is 5.32 Å². The van der Waals surface area contributed by atoms with E-state index in [1.165, 1.54) is 58.4 Å². The van der Waals surface area contributed by atoms with Crippen LogP contribution >= 0.6 is 0 Å². The zero-order valence-corrected chi connectivity index (χ0v) is 9.47. The van der Waals surface area contributed by atoms with E-state index < -0.39 is 0 Å². The van der Waals surface area contributed by atoms with Crippen molar-refractivity contribution in [1.29, 1.82) is 0 Å². The van der Waals surface area contributed by atoms with Gasteiger partial charge in [-0.3, -0.25) is 0 Å². The van der Waals surface area contributed by atoms with E-state index in [1.807, 2.05) is 0 Å². The van der Waals surface area contributed by atoms with Gasteiger partial charge in [-0.25, -0.2) is 0 Å². The third-order valence-electron chi connectivity index (χ3n) is 3.90. The Morgan fingerprint density at radius 2 is 2.14 bits per heavy atom. The number of piperidine rings is 1. The first kappa shape index (κ1) is 10.4. The fourth-order valence-corrected chi connectivity index (χ4v) is 2.61. The van der Waals surface area contributed by atoms with E-state index in [-0.39, 0.29) is 0 Å². The molecule has 0 aliphatic carbocycles. The van der Waals surface area contributed by atoms with Gasteiger partial charge in [0.05, 0.1) is 0 Å². The van der Waals surface area contributed by atoms with Gasteiger partial charge < -0.3 is 10.2 Å². The number of nitrogens with zero attached hydrogens (tertiary/aromatic N) is 1. The van der Waals surface area contributed by atoms with Gasteiger partial charge in [0.1, 0.15) is 0 Å². The van der Waals surface area contributed by atoms with Crippen LogP contribution in [0.2, 0.25) is 0 Å². The summed E-state index contributed by atoms with van der Waals surface area (Å²) in [5, 5.41) is 3.35. The molecule has 2 saturated heterocycles. The van der Waals surface area contributed by atoms with Gasteiger partial charge in [-0.05, 0) is 57.3 Å². The standard InChI is InChI=1S/C12H24N2/c1-2-11-4-3-6-14(10-11)7-5-12-8-13-9-12/h11-13H,2-10H2,1H3. The molecule has 1 atom stereocenters. The lowest BCUT2D eigenvalue weighted by molar-refractivity contribution is 0.154. The first-order valence-corrected chi connectivity index (χ1v) is 6.31. The Labute approximate surface area is 88.1 Å². The van der Waals surface area contributed by atoms with Gasteiger partial charge in [0.2, 0.25) is 0 Å². The lowest BCUT2D eigenvalue weighted by Crippen LogP contribution is -2.44. The van der Waals surface area contributed by atoms with Crippen LogP contribution in [-0.4, -0.2) is 37.6 Å². The van der Waals surface area contributed by atoms with Crippen molar-refractivity contribution in [3.8, 4) is 0 Å². The molecular weight excluding hydrogens is 172 g/mol. The molecule has 0 amide bonds. The first-order chi connectivity index (χ1) is 6.88. The third kappa shape index (κ3) is 2.71. The summed E-state index contributed by atoms with van der Waals surface area (Å²) < 4.78 is 0. The Morgan fingerprint density at radius 1 is 1.29 bits per heavy atom. The maximum Gasteiger partial charge on any atom is 0.000956 e. The van der Waals surface area contributed by atoms with E-state index in [0.717, 1.165) is 11.8 Å². The summed E-state index contributed by atoms with van der Waals surface area (Å²) in [6, 6.07) is 0. The Hall–Kier alpha value is -0.0800. The van der Waals surface area contributed by atoms with Gasteiger partial charge in [-0.1, -0.05) is 13.3 Å². The van der Waals surface area contributed by atoms with Crippen LogP contribution in [0, 0.1) is 11.8 Å². The number of hydrogen-bond donors (Lipinski definition) is 1. The number of hydrogen-bond acceptors (Lipinski definition) is 2. The average Bonchev–Trinajstić information content (AvgIpc) is 2.16. The Morgan fingerprint density at radius 3 is 2.79 bits per heavy atom. The highest BCUT2D eigenvalue weighted by Gasteiger charge is 2.21. The van der Waals surface area contributed by atoms with E-state index in [4.69, 9.17) is 0 Å². The minimum Gasteiger partial charge on any atom is -0.316 e. The summed E-state index contributed by atoms with van der Waals surface area (Å²) in [5.41, 5.74) is 0. The molecule has 0 spiro atoms. The summed E-state index contributed by atoms with van der Waals surface area (Å²) in [6.45, 7) is 8.95. The molecular formula is C12H24N2. The second-order valence-corrected chi connectivity index (χ2v) is 5.03. The second kappa shape index (κ2) is 5.13. The molecule has 0 aromatic carbocycles. The van der Waals surface area contributed by atoms with Crippen LogP contribution in [0.25, 0.3) is 0 Å². The molecule has 0 bridgehead atoms. The molecule has 2 aliphatic heterocycles. The maximum absolute atomic E-state index is 3.35. The van der Waals surface area contributed by atoms with Crippen molar-refractivity contribution in [2.75, 3.05) is 32.7 Å². The minimum absolute atomic E-state index is 0.983. The number of likely N-dealkylation sites (tertiary alicyclic amines) is 1. The van der Waals surface area contributed by atoms with Crippen molar-refractivity contribution in [3.05, 3.63) is 0 Å². The average molecular weight is 196 g/mol. The highest BCUT2D eigenvalue weighted by Crippen LogP contribution is 2.20. The van der Waals surface area contributed by atoms with Crippen molar-refractivity contribution in [3.63, 3.8) is 0 Å². The van der Waals surface area contributed by atoms with E-state index in [1.54, 1.807) is 0 Å². The fourth-order valence-electron chi connectivity index (χ4n) is 2.61. The van der Waals surface area contributed by atoms with E-state index in [9.17, 15) is 0 Å². The van der Waals surface area contributed by atoms with Crippen LogP contribution in [-0.2, 0) is 0 Å². The molecule has 0 aromatic heterocycles. The van der Waals surface area contributed by atoms with Crippen LogP contribution in [0.15, 0.2) is 0 Å². The van der Waals surface area contributed by atoms with Crippen molar-refractivity contribution in [1.82, 2.24) is 10.2 Å². The SMILES string of the molecule is CCC1CCCN(CCC2CNC2)C1. The predicted molar refractivity (Wildman–Crippen MR) is 60.4 cm³/mol. The van der Waals surface area contributed by atoms with E-state index >= 15 is 0 Å². The highest BCUT2D eigenvalue weighted by atomic mass is 15.1. The first-order valence-electron chi connectivity index (χ1n) is 6.31. The molecule has 0 aromatic rings. The van der Waals surface area contributed by atoms with Gasteiger partial charge in [0.15, 0.2) is 0 Å². The molecule has 2 fully saturated rings. The van der Waals surface area contributed by atoms with Gasteiger partial charge >= 0.3 is 0 Å². The molecule has 2 rings (SSSR count). The zero-order chi connectivity index (χ0) is 9.80. The molecule has 1 N–H and O–H groups in total. The molecule has 2 heteroatoms. The van der Waals surface area contributed by atoms with E-state index in [0.29, 0.717) is 0 Å². The van der Waals surface area contributed by atoms with Gasteiger partial charge in [0, 0.05) is 6.54 Å². The zero-order valence-electron chi connectivity index (χ0n) is 9.47. The van der Waals surface area contributed by atoms with Crippen molar-refractivity contribution >= 4 is 0 Å². The highest BCUT2D eigenvalue weighted by molar-refractivity contribution is 4.78. The predicted octanol–water partition coefficient (Wildman–Crippen LogP) is 1.72. The summed E-state index contributed by atoms with van der Waals surface area (Å²) in [4.78, 5) is 2.69. The molecule has 2 nitrogen and oxygen atoms in total. The molecule has 2 heterocycles. The molecule has 1 unspecified atom stereocenters. The minimum atomic E-state index is 0.983. The topological polar surface area (TPSA) is 15.3 Å². The lowest BCUT2D eigenvalue weighted by Gasteiger charge is -2.35. The molecule has 14 heavy (non-hydrogen) atoms. The summed E-state index contributed by atoms with van der Waals surface area (Å²) in [7, 11) is 0. The van der Waals surface area contributed by atoms with Crippen molar-refractivity contribution < 1.29 is 0 Å². The van der Waals surface area contributed by atoms with E-state index in [2.05, 4.69) is 17.1 Å². The maximum atomic E-state index is 3.35. The quantitative estimate of drug-likeness (QED) is 0.736. The summed E-state index contributed by atoms with van der Waals surface area (Å²) in [5.74, 6) is 1.97. The van der Waals surface area contributed by atoms with Crippen LogP contribution in [0.4, 0.5) is 0 Å².